The molecule has 0 saturated carbocycles. The van der Waals surface area contributed by atoms with Gasteiger partial charge in [0, 0.05) is 30.1 Å². The number of aromatic nitrogens is 1. The fourth-order valence-corrected chi connectivity index (χ4v) is 11.8. The van der Waals surface area contributed by atoms with E-state index >= 15 is 4.39 Å². The molecule has 27 heteroatoms. The number of piperazine rings is 1. The number of carbonyl (C=O) groups excluding carboxylic acids is 6. The highest BCUT2D eigenvalue weighted by Crippen LogP contribution is 2.40. The van der Waals surface area contributed by atoms with Crippen LogP contribution in [0, 0.1) is 12.7 Å². The van der Waals surface area contributed by atoms with E-state index < -0.39 is 69.5 Å². The van der Waals surface area contributed by atoms with Gasteiger partial charge in [-0.2, -0.15) is 0 Å². The topological polar surface area (TPSA) is 237 Å². The number of carbonyl (C=O) groups is 6. The summed E-state index contributed by atoms with van der Waals surface area (Å²) in [5.74, 6) is -4.52. The molecular weight excluding hydrogens is 1020 g/mol. The van der Waals surface area contributed by atoms with E-state index in [2.05, 4.69) is 24.8 Å². The normalized spacial score (nSPS) is 21.3. The molecule has 4 aromatic rings. The summed E-state index contributed by atoms with van der Waals surface area (Å²) in [5, 5.41) is 7.10. The van der Waals surface area contributed by atoms with Crippen LogP contribution in [-0.4, -0.2) is 165 Å². The van der Waals surface area contributed by atoms with Crippen molar-refractivity contribution in [2.24, 2.45) is 5.16 Å². The number of methoxy groups -OCH3 is 2. The fraction of sp³-hybridized carbons (Fsp3) is 0.375. The Morgan fingerprint density at radius 3 is 2.32 bits per heavy atom. The molecule has 1 N–H and O–H groups in total. The lowest BCUT2D eigenvalue weighted by Gasteiger charge is -2.51. The first kappa shape index (κ1) is 54.0. The minimum absolute atomic E-state index is 0.00398. The number of aryl methyl sites for hydroxylation is 1. The lowest BCUT2D eigenvalue weighted by Crippen LogP contribution is -2.74. The fourth-order valence-electron chi connectivity index (χ4n) is 9.52. The predicted octanol–water partition coefficient (Wildman–Crippen LogP) is 2.12. The summed E-state index contributed by atoms with van der Waals surface area (Å²) in [5.41, 5.74) is 0.914. The first-order valence-electron chi connectivity index (χ1n) is 23.3. The van der Waals surface area contributed by atoms with Gasteiger partial charge >= 0.3 is 35.5 Å². The van der Waals surface area contributed by atoms with Gasteiger partial charge in [-0.15, -0.1) is 11.3 Å². The van der Waals surface area contributed by atoms with Gasteiger partial charge in [0.15, 0.2) is 23.0 Å². The predicted molar refractivity (Wildman–Crippen MR) is 267 cm³/mol. The van der Waals surface area contributed by atoms with E-state index in [-0.39, 0.29) is 85.9 Å². The quantitative estimate of drug-likeness (QED) is 0.0226. The van der Waals surface area contributed by atoms with Crippen molar-refractivity contribution in [1.29, 1.82) is 0 Å². The second-order valence-corrected chi connectivity index (χ2v) is 20.3. The number of halogens is 1. The molecule has 387 valence electrons. The molecule has 75 heavy (non-hydrogen) atoms. The zero-order valence-electron chi connectivity index (χ0n) is 40.8. The van der Waals surface area contributed by atoms with Crippen molar-refractivity contribution in [1.82, 2.24) is 20.1 Å². The third-order valence-corrected chi connectivity index (χ3v) is 15.8. The number of benzene rings is 3. The van der Waals surface area contributed by atoms with E-state index in [0.717, 1.165) is 35.7 Å². The molecular formula is C48H48B3FN6O15S2+. The van der Waals surface area contributed by atoms with Crippen molar-refractivity contribution in [3.8, 4) is 23.0 Å². The number of thiazole rings is 1. The van der Waals surface area contributed by atoms with Gasteiger partial charge in [0.05, 0.1) is 67.5 Å². The summed E-state index contributed by atoms with van der Waals surface area (Å²) in [6, 6.07) is 15.5. The number of ether oxygens (including phenoxy) is 4. The number of nitrogens with one attached hydrogen (secondary N) is 1. The molecule has 5 radical (unpaired) electrons. The number of β-lactam (4-membered cyclic amide) rings is 1. The average Bonchev–Trinajstić information content (AvgIpc) is 4.07. The molecule has 0 aliphatic carbocycles. The van der Waals surface area contributed by atoms with Crippen LogP contribution in [0.25, 0.3) is 0 Å². The van der Waals surface area contributed by atoms with E-state index in [1.807, 2.05) is 12.1 Å². The molecule has 5 heterocycles. The van der Waals surface area contributed by atoms with Crippen LogP contribution in [-0.2, 0) is 66.8 Å². The van der Waals surface area contributed by atoms with Gasteiger partial charge in [-0.05, 0) is 54.4 Å². The maximum Gasteiger partial charge on any atom is 0.378 e. The molecule has 3 fully saturated rings. The Labute approximate surface area is 439 Å². The molecule has 6 atom stereocenters. The number of oxime groups is 1. The van der Waals surface area contributed by atoms with Crippen LogP contribution in [0.1, 0.15) is 45.0 Å². The number of amides is 3. The molecule has 4 aliphatic rings. The third kappa shape index (κ3) is 11.7. The maximum absolute atomic E-state index is 16.8. The van der Waals surface area contributed by atoms with Crippen molar-refractivity contribution in [3.05, 3.63) is 111 Å². The average molecular weight is 1060 g/mol. The molecule has 0 bridgehead atoms. The second-order valence-electron chi connectivity index (χ2n) is 17.7. The molecule has 3 amide bonds. The minimum Gasteiger partial charge on any atom is -0.541 e. The zero-order chi connectivity index (χ0) is 53.4. The van der Waals surface area contributed by atoms with Crippen molar-refractivity contribution < 1.29 is 79.6 Å². The molecule has 21 nitrogen and oxygen atoms in total. The summed E-state index contributed by atoms with van der Waals surface area (Å²) >= 11 is 1.15. The number of nitrogens with zero attached hydrogens (tertiary/aromatic N) is 5. The monoisotopic (exact) mass is 1060 g/mol. The maximum atomic E-state index is 16.8. The third-order valence-electron chi connectivity index (χ3n) is 13.3. The lowest BCUT2D eigenvalue weighted by molar-refractivity contribution is -0.938. The van der Waals surface area contributed by atoms with Gasteiger partial charge in [0.1, 0.15) is 60.1 Å². The SMILES string of the molecule is [B]OC(=O)C1=C(C[N@+]23CCC[C@H]2CN(C(=O)c2ccc(OCc4ccc(OC)cc4)c(OCc4ccc(OC)cc4)c2F)CC3)CS(=O)[C@@H]2[C@H](NC(=O)/C(=N\O[C@@H](C[B]OC=O)C(=O)O[B])c3csc(C)n3)C(=O)N12. The Hall–Kier alpha value is -7.25. The Kier molecular flexibility index (Phi) is 17.3. The molecule has 3 saturated heterocycles. The summed E-state index contributed by atoms with van der Waals surface area (Å²) in [6.07, 6.45) is -0.556. The van der Waals surface area contributed by atoms with Gasteiger partial charge in [-0.25, -0.2) is 19.0 Å². The van der Waals surface area contributed by atoms with Crippen LogP contribution in [0.4, 0.5) is 4.39 Å². The number of rotatable bonds is 22. The highest BCUT2D eigenvalue weighted by Gasteiger charge is 2.59. The van der Waals surface area contributed by atoms with Gasteiger partial charge in [-0.1, -0.05) is 29.4 Å². The molecule has 8 rings (SSSR count). The lowest BCUT2D eigenvalue weighted by atomic mass is 9.91. The molecule has 1 aromatic heterocycles. The second kappa shape index (κ2) is 24.0. The standard InChI is InChI=1S/C48H47B3FN6O15S2/c1-27-53-35(24-74-27)39(55-73-37(47(63)71-49)19-51-70-26-59)43(60)54-40-45(62)57-41(48(64)72-50)30(25-75(65)46(40)57)21-58-17-4-5-31(58)20-56(16-18-58)44(61)34-14-15-36(68-22-28-6-10-32(66-2)11-7-28)42(38(34)52)69-23-29-8-12-33(67-3)13-9-29/h6-15,24,26,31,37,40,46H,4-5,16-23,25H2,1-3H3/p+1/b55-39-/t31-,37-,40+,46+,58+,75?/m0/s1. The van der Waals surface area contributed by atoms with Crippen molar-refractivity contribution in [2.75, 3.05) is 52.7 Å². The molecule has 4 aliphatic heterocycles. The minimum atomic E-state index is -1.90. The zero-order valence-corrected chi connectivity index (χ0v) is 42.4. The van der Waals surface area contributed by atoms with E-state index in [1.165, 1.54) is 17.5 Å². The number of hydrogen-bond donors (Lipinski definition) is 1. The summed E-state index contributed by atoms with van der Waals surface area (Å²) in [6.45, 7) is 3.31. The molecule has 3 aromatic carbocycles. The van der Waals surface area contributed by atoms with Crippen LogP contribution in [0.15, 0.2) is 82.5 Å². The van der Waals surface area contributed by atoms with Crippen molar-refractivity contribution in [3.63, 3.8) is 0 Å². The smallest absolute Gasteiger partial charge is 0.378 e. The van der Waals surface area contributed by atoms with E-state index in [1.54, 1.807) is 62.4 Å². The number of hydrogen-bond acceptors (Lipinski definition) is 18. The Bertz CT molecular complexity index is 2920. The van der Waals surface area contributed by atoms with Crippen molar-refractivity contribution in [2.45, 2.75) is 62.9 Å². The highest BCUT2D eigenvalue weighted by atomic mass is 32.2. The molecule has 1 unspecified atom stereocenters. The Balaban J connectivity index is 0.989. The molecule has 0 spiro atoms. The van der Waals surface area contributed by atoms with E-state index in [0.29, 0.717) is 51.6 Å². The Morgan fingerprint density at radius 1 is 1.00 bits per heavy atom. The van der Waals surface area contributed by atoms with Gasteiger partial charge in [0.2, 0.25) is 6.10 Å². The van der Waals surface area contributed by atoms with Crippen LogP contribution in [0.2, 0.25) is 6.32 Å². The van der Waals surface area contributed by atoms with E-state index in [9.17, 15) is 33.0 Å². The van der Waals surface area contributed by atoms with Gasteiger partial charge in [-0.3, -0.25) is 28.3 Å². The van der Waals surface area contributed by atoms with E-state index in [4.69, 9.17) is 44.5 Å². The van der Waals surface area contributed by atoms with Crippen LogP contribution in [0.5, 0.6) is 23.0 Å². The van der Waals surface area contributed by atoms with Crippen LogP contribution >= 0.6 is 11.3 Å². The van der Waals surface area contributed by atoms with Crippen molar-refractivity contribution >= 4 is 87.6 Å². The van der Waals surface area contributed by atoms with Crippen LogP contribution in [0.3, 0.4) is 0 Å². The first-order valence-corrected chi connectivity index (χ1v) is 25.6. The van der Waals surface area contributed by atoms with Gasteiger partial charge < -0.3 is 52.4 Å². The summed E-state index contributed by atoms with van der Waals surface area (Å²) < 4.78 is 67.5. The summed E-state index contributed by atoms with van der Waals surface area (Å²) in [4.78, 5) is 90.9. The highest BCUT2D eigenvalue weighted by molar-refractivity contribution is 7.86. The van der Waals surface area contributed by atoms with Gasteiger partial charge in [0.25, 0.3) is 24.2 Å². The van der Waals surface area contributed by atoms with Crippen LogP contribution < -0.4 is 24.3 Å². The Morgan fingerprint density at radius 2 is 1.69 bits per heavy atom. The number of quaternary nitrogens is 1. The largest absolute Gasteiger partial charge is 0.541 e. The first-order chi connectivity index (χ1) is 36.2. The number of fused-ring (bicyclic) bond motifs is 2. The summed E-state index contributed by atoms with van der Waals surface area (Å²) in [7, 11) is 12.6.